The maximum atomic E-state index is 11.0. The summed E-state index contributed by atoms with van der Waals surface area (Å²) in [6.45, 7) is 5.29. The summed E-state index contributed by atoms with van der Waals surface area (Å²) < 4.78 is 0. The number of rotatable bonds is 4. The van der Waals surface area contributed by atoms with Gasteiger partial charge in [0.15, 0.2) is 0 Å². The third kappa shape index (κ3) is 2.49. The number of amides is 1. The van der Waals surface area contributed by atoms with Gasteiger partial charge >= 0.3 is 0 Å². The molecule has 1 aliphatic carbocycles. The third-order valence-electron chi connectivity index (χ3n) is 3.41. The number of nitrogens with one attached hydrogen (secondary N) is 1. The van der Waals surface area contributed by atoms with Gasteiger partial charge in [0.25, 0.3) is 5.91 Å². The van der Waals surface area contributed by atoms with Crippen LogP contribution in [0.1, 0.15) is 30.8 Å². The number of nitrogens with two attached hydrogens (primary N) is 2. The molecule has 1 aromatic rings. The zero-order valence-corrected chi connectivity index (χ0v) is 10.2. The molecule has 1 fully saturated rings. The van der Waals surface area contributed by atoms with Crippen molar-refractivity contribution in [1.29, 1.82) is 0 Å². The number of anilines is 2. The number of nitrogens with zero attached hydrogens (tertiary/aromatic N) is 1. The molecule has 0 aromatic carbocycles. The normalized spacial score (nSPS) is 20.9. The summed E-state index contributed by atoms with van der Waals surface area (Å²) in [7, 11) is 0. The van der Waals surface area contributed by atoms with Crippen LogP contribution in [0.2, 0.25) is 0 Å². The Kier molecular flexibility index (Phi) is 2.69. The third-order valence-corrected chi connectivity index (χ3v) is 3.41. The average molecular weight is 234 g/mol. The molecule has 0 saturated heterocycles. The number of carbonyl (C=O) groups excluding carboxylic acids is 1. The lowest BCUT2D eigenvalue weighted by Crippen LogP contribution is -2.16. The Bertz CT molecular complexity index is 456. The first-order valence-electron chi connectivity index (χ1n) is 5.70. The van der Waals surface area contributed by atoms with E-state index in [0.29, 0.717) is 22.8 Å². The number of nitrogen functional groups attached to an aromatic ring is 1. The van der Waals surface area contributed by atoms with Gasteiger partial charge in [0.2, 0.25) is 0 Å². The van der Waals surface area contributed by atoms with Crippen LogP contribution in [0.3, 0.4) is 0 Å². The van der Waals surface area contributed by atoms with Gasteiger partial charge in [0.05, 0.1) is 5.69 Å². The van der Waals surface area contributed by atoms with Gasteiger partial charge in [-0.25, -0.2) is 4.98 Å². The SMILES string of the molecule is CC1(C)CC1CNc1nc(C(N)=O)ccc1N. The molecule has 1 atom stereocenters. The summed E-state index contributed by atoms with van der Waals surface area (Å²) in [5, 5.41) is 3.18. The van der Waals surface area contributed by atoms with Gasteiger partial charge in [-0.2, -0.15) is 0 Å². The van der Waals surface area contributed by atoms with E-state index in [1.165, 1.54) is 12.5 Å². The summed E-state index contributed by atoms with van der Waals surface area (Å²) in [5.41, 5.74) is 12.1. The van der Waals surface area contributed by atoms with Gasteiger partial charge < -0.3 is 16.8 Å². The molecule has 1 saturated carbocycles. The van der Waals surface area contributed by atoms with E-state index >= 15 is 0 Å². The second-order valence-electron chi connectivity index (χ2n) is 5.27. The molecule has 5 heteroatoms. The Balaban J connectivity index is 2.04. The van der Waals surface area contributed by atoms with Gasteiger partial charge in [-0.1, -0.05) is 13.8 Å². The molecule has 1 heterocycles. The van der Waals surface area contributed by atoms with Crippen molar-refractivity contribution in [1.82, 2.24) is 4.98 Å². The van der Waals surface area contributed by atoms with Gasteiger partial charge in [-0.15, -0.1) is 0 Å². The standard InChI is InChI=1S/C12H18N4O/c1-12(2)5-7(12)6-15-11-8(13)3-4-9(16-11)10(14)17/h3-4,7H,5-6,13H2,1-2H3,(H2,14,17)(H,15,16). The maximum absolute atomic E-state index is 11.0. The Morgan fingerprint density at radius 3 is 2.76 bits per heavy atom. The predicted octanol–water partition coefficient (Wildman–Crippen LogP) is 1.22. The molecule has 1 aliphatic rings. The quantitative estimate of drug-likeness (QED) is 0.730. The van der Waals surface area contributed by atoms with E-state index in [9.17, 15) is 4.79 Å². The molecule has 1 unspecified atom stereocenters. The number of primary amides is 1. The maximum Gasteiger partial charge on any atom is 0.267 e. The van der Waals surface area contributed by atoms with E-state index in [0.717, 1.165) is 6.54 Å². The van der Waals surface area contributed by atoms with Crippen LogP contribution in [0.4, 0.5) is 11.5 Å². The minimum atomic E-state index is -0.542. The van der Waals surface area contributed by atoms with Crippen LogP contribution in [0.25, 0.3) is 0 Å². The summed E-state index contributed by atoms with van der Waals surface area (Å²) >= 11 is 0. The molecular weight excluding hydrogens is 216 g/mol. The fraction of sp³-hybridized carbons (Fsp3) is 0.500. The average Bonchev–Trinajstić information content (AvgIpc) is 2.85. The second-order valence-corrected chi connectivity index (χ2v) is 5.27. The second kappa shape index (κ2) is 3.91. The first-order chi connectivity index (χ1) is 7.90. The smallest absolute Gasteiger partial charge is 0.267 e. The first-order valence-corrected chi connectivity index (χ1v) is 5.70. The molecule has 0 spiro atoms. The van der Waals surface area contributed by atoms with Crippen molar-refractivity contribution in [2.75, 3.05) is 17.6 Å². The van der Waals surface area contributed by atoms with Crippen LogP contribution in [-0.4, -0.2) is 17.4 Å². The topological polar surface area (TPSA) is 94.0 Å². The predicted molar refractivity (Wildman–Crippen MR) is 67.5 cm³/mol. The highest BCUT2D eigenvalue weighted by atomic mass is 16.1. The molecule has 5 N–H and O–H groups in total. The number of hydrogen-bond acceptors (Lipinski definition) is 4. The van der Waals surface area contributed by atoms with Crippen molar-refractivity contribution >= 4 is 17.4 Å². The zero-order chi connectivity index (χ0) is 12.6. The summed E-state index contributed by atoms with van der Waals surface area (Å²) in [4.78, 5) is 15.1. The minimum Gasteiger partial charge on any atom is -0.396 e. The van der Waals surface area contributed by atoms with Crippen molar-refractivity contribution in [3.8, 4) is 0 Å². The first kappa shape index (κ1) is 11.7. The van der Waals surface area contributed by atoms with Crippen molar-refractivity contribution in [3.05, 3.63) is 17.8 Å². The molecule has 5 nitrogen and oxygen atoms in total. The van der Waals surface area contributed by atoms with E-state index in [2.05, 4.69) is 24.1 Å². The van der Waals surface area contributed by atoms with Crippen molar-refractivity contribution < 1.29 is 4.79 Å². The molecule has 0 radical (unpaired) electrons. The minimum absolute atomic E-state index is 0.233. The number of aromatic nitrogens is 1. The van der Waals surface area contributed by atoms with Crippen molar-refractivity contribution in [2.24, 2.45) is 17.1 Å². The lowest BCUT2D eigenvalue weighted by atomic mass is 10.1. The molecule has 2 rings (SSSR count). The van der Waals surface area contributed by atoms with Crippen LogP contribution in [0.5, 0.6) is 0 Å². The van der Waals surface area contributed by atoms with E-state index in [1.54, 1.807) is 6.07 Å². The molecule has 17 heavy (non-hydrogen) atoms. The number of hydrogen-bond donors (Lipinski definition) is 3. The molecule has 1 amide bonds. The van der Waals surface area contributed by atoms with E-state index in [-0.39, 0.29) is 5.69 Å². The van der Waals surface area contributed by atoms with Gasteiger partial charge in [-0.3, -0.25) is 4.79 Å². The Morgan fingerprint density at radius 1 is 1.59 bits per heavy atom. The van der Waals surface area contributed by atoms with Crippen molar-refractivity contribution in [2.45, 2.75) is 20.3 Å². The monoisotopic (exact) mass is 234 g/mol. The van der Waals surface area contributed by atoms with Gasteiger partial charge in [-0.05, 0) is 29.9 Å². The largest absolute Gasteiger partial charge is 0.396 e. The fourth-order valence-electron chi connectivity index (χ4n) is 1.89. The highest BCUT2D eigenvalue weighted by Gasteiger charge is 2.45. The lowest BCUT2D eigenvalue weighted by molar-refractivity contribution is 0.0996. The summed E-state index contributed by atoms with van der Waals surface area (Å²) in [6.07, 6.45) is 1.20. The van der Waals surface area contributed by atoms with Crippen LogP contribution in [-0.2, 0) is 0 Å². The van der Waals surface area contributed by atoms with Gasteiger partial charge in [0.1, 0.15) is 11.5 Å². The molecule has 0 aliphatic heterocycles. The fourth-order valence-corrected chi connectivity index (χ4v) is 1.89. The van der Waals surface area contributed by atoms with E-state index in [4.69, 9.17) is 11.5 Å². The number of pyridine rings is 1. The Hall–Kier alpha value is -1.78. The van der Waals surface area contributed by atoms with Crippen LogP contribution in [0, 0.1) is 11.3 Å². The van der Waals surface area contributed by atoms with Crippen LogP contribution < -0.4 is 16.8 Å². The van der Waals surface area contributed by atoms with E-state index in [1.807, 2.05) is 0 Å². The zero-order valence-electron chi connectivity index (χ0n) is 10.2. The Labute approximate surface area is 101 Å². The Morgan fingerprint density at radius 2 is 2.24 bits per heavy atom. The molecule has 92 valence electrons. The molecule has 1 aromatic heterocycles. The highest BCUT2D eigenvalue weighted by molar-refractivity contribution is 5.91. The number of carbonyl (C=O) groups is 1. The van der Waals surface area contributed by atoms with Gasteiger partial charge in [0, 0.05) is 6.54 Å². The summed E-state index contributed by atoms with van der Waals surface area (Å²) in [6, 6.07) is 3.18. The summed E-state index contributed by atoms with van der Waals surface area (Å²) in [5.74, 6) is 0.643. The van der Waals surface area contributed by atoms with Crippen molar-refractivity contribution in [3.63, 3.8) is 0 Å². The van der Waals surface area contributed by atoms with Crippen LogP contribution >= 0.6 is 0 Å². The van der Waals surface area contributed by atoms with E-state index < -0.39 is 5.91 Å². The lowest BCUT2D eigenvalue weighted by Gasteiger charge is -2.10. The van der Waals surface area contributed by atoms with Crippen LogP contribution in [0.15, 0.2) is 12.1 Å². The molecular formula is C12H18N4O. The highest BCUT2D eigenvalue weighted by Crippen LogP contribution is 2.51. The molecule has 0 bridgehead atoms.